The molecule has 1 aromatic heterocycles. The maximum atomic E-state index is 5.79. The number of hydrogen-bond acceptors (Lipinski definition) is 3. The van der Waals surface area contributed by atoms with Gasteiger partial charge in [0.2, 0.25) is 0 Å². The molecule has 2 aromatic rings. The van der Waals surface area contributed by atoms with Crippen molar-refractivity contribution in [2.24, 2.45) is 5.73 Å². The smallest absolute Gasteiger partial charge is 0.122 e. The van der Waals surface area contributed by atoms with Crippen LogP contribution < -0.4 is 10.5 Å². The van der Waals surface area contributed by atoms with Gasteiger partial charge in [-0.25, -0.2) is 0 Å². The molecule has 1 aromatic carbocycles. The first kappa shape index (κ1) is 12.6. The lowest BCUT2D eigenvalue weighted by Gasteiger charge is -2.08. The number of nitrogens with two attached hydrogens (primary N) is 1. The maximum absolute atomic E-state index is 5.79. The van der Waals surface area contributed by atoms with Crippen LogP contribution in [0.5, 0.6) is 5.75 Å². The second kappa shape index (κ2) is 5.67. The number of ether oxygens (including phenoxy) is 1. The molecule has 2 N–H and O–H groups in total. The van der Waals surface area contributed by atoms with Crippen molar-refractivity contribution in [2.45, 2.75) is 19.6 Å². The van der Waals surface area contributed by atoms with E-state index in [0.29, 0.717) is 6.61 Å². The van der Waals surface area contributed by atoms with E-state index in [1.807, 2.05) is 31.2 Å². The average Bonchev–Trinajstić information content (AvgIpc) is 2.73. The van der Waals surface area contributed by atoms with Gasteiger partial charge in [-0.3, -0.25) is 0 Å². The quantitative estimate of drug-likeness (QED) is 0.922. The third kappa shape index (κ3) is 3.56. The summed E-state index contributed by atoms with van der Waals surface area (Å²) < 4.78 is 6.79. The molecule has 17 heavy (non-hydrogen) atoms. The molecule has 2 nitrogen and oxygen atoms in total. The fourth-order valence-electron chi connectivity index (χ4n) is 1.45. The molecule has 0 unspecified atom stereocenters. The predicted octanol–water partition coefficient (Wildman–Crippen LogP) is 4.11. The second-order valence-corrected chi connectivity index (χ2v) is 5.79. The van der Waals surface area contributed by atoms with E-state index in [-0.39, 0.29) is 6.04 Å². The van der Waals surface area contributed by atoms with Crippen molar-refractivity contribution in [3.05, 3.63) is 50.6 Å². The molecule has 0 aliphatic carbocycles. The van der Waals surface area contributed by atoms with Gasteiger partial charge in [0.05, 0.1) is 0 Å². The van der Waals surface area contributed by atoms with Gasteiger partial charge in [-0.2, -0.15) is 0 Å². The van der Waals surface area contributed by atoms with Gasteiger partial charge in [-0.15, -0.1) is 11.3 Å². The lowest BCUT2D eigenvalue weighted by atomic mass is 10.1. The number of thiophene rings is 1. The molecule has 0 spiro atoms. The minimum atomic E-state index is 0.0669. The van der Waals surface area contributed by atoms with Gasteiger partial charge in [-0.1, -0.05) is 12.1 Å². The molecule has 2 rings (SSSR count). The van der Waals surface area contributed by atoms with Crippen molar-refractivity contribution < 1.29 is 4.74 Å². The number of benzene rings is 1. The first-order valence-corrected chi connectivity index (χ1v) is 7.03. The minimum Gasteiger partial charge on any atom is -0.488 e. The molecule has 0 saturated carbocycles. The van der Waals surface area contributed by atoms with Crippen molar-refractivity contribution in [1.82, 2.24) is 0 Å². The molecule has 0 fully saturated rings. The Hall–Kier alpha value is -0.840. The highest BCUT2D eigenvalue weighted by molar-refractivity contribution is 9.10. The Morgan fingerprint density at radius 2 is 2.06 bits per heavy atom. The zero-order valence-corrected chi connectivity index (χ0v) is 11.9. The highest BCUT2D eigenvalue weighted by Crippen LogP contribution is 2.22. The molecular formula is C13H14BrNOS. The van der Waals surface area contributed by atoms with Crippen molar-refractivity contribution in [3.8, 4) is 5.75 Å². The molecule has 4 heteroatoms. The van der Waals surface area contributed by atoms with E-state index in [9.17, 15) is 0 Å². The zero-order valence-electron chi connectivity index (χ0n) is 9.52. The van der Waals surface area contributed by atoms with Crippen molar-refractivity contribution in [2.75, 3.05) is 0 Å². The molecular weight excluding hydrogens is 298 g/mol. The Morgan fingerprint density at radius 1 is 1.35 bits per heavy atom. The monoisotopic (exact) mass is 311 g/mol. The number of rotatable bonds is 4. The largest absolute Gasteiger partial charge is 0.488 e. The van der Waals surface area contributed by atoms with E-state index in [1.165, 1.54) is 4.88 Å². The van der Waals surface area contributed by atoms with E-state index < -0.39 is 0 Å². The van der Waals surface area contributed by atoms with Crippen LogP contribution in [0.4, 0.5) is 0 Å². The van der Waals surface area contributed by atoms with Crippen LogP contribution in [0.15, 0.2) is 40.2 Å². The Balaban J connectivity index is 1.95. The van der Waals surface area contributed by atoms with E-state index in [2.05, 4.69) is 27.4 Å². The van der Waals surface area contributed by atoms with Gasteiger partial charge in [0.1, 0.15) is 12.4 Å². The summed E-state index contributed by atoms with van der Waals surface area (Å²) in [5.74, 6) is 0.874. The van der Waals surface area contributed by atoms with Crippen LogP contribution in [-0.2, 0) is 6.61 Å². The van der Waals surface area contributed by atoms with E-state index >= 15 is 0 Å². The summed E-state index contributed by atoms with van der Waals surface area (Å²) in [5, 5.41) is 2.05. The minimum absolute atomic E-state index is 0.0669. The number of hydrogen-bond donors (Lipinski definition) is 1. The Labute approximate surface area is 114 Å². The fraction of sp³-hybridized carbons (Fsp3) is 0.231. The first-order valence-electron chi connectivity index (χ1n) is 5.36. The van der Waals surface area contributed by atoms with Gasteiger partial charge >= 0.3 is 0 Å². The van der Waals surface area contributed by atoms with Gasteiger partial charge < -0.3 is 10.5 Å². The standard InChI is InChI=1S/C13H14BrNOS/c1-9(15)10-2-4-12(5-3-10)16-7-13-6-11(14)8-17-13/h2-6,8-9H,7,15H2,1H3/t9-/m0/s1. The molecule has 0 amide bonds. The van der Waals surface area contributed by atoms with E-state index in [4.69, 9.17) is 10.5 Å². The fourth-order valence-corrected chi connectivity index (χ4v) is 2.81. The third-order valence-corrected chi connectivity index (χ3v) is 4.08. The van der Waals surface area contributed by atoms with E-state index in [1.54, 1.807) is 11.3 Å². The SMILES string of the molecule is C[C@H](N)c1ccc(OCc2cc(Br)cs2)cc1. The van der Waals surface area contributed by atoms with Crippen LogP contribution in [0.1, 0.15) is 23.4 Å². The second-order valence-electron chi connectivity index (χ2n) is 3.88. The molecule has 0 aliphatic rings. The first-order chi connectivity index (χ1) is 8.15. The summed E-state index contributed by atoms with van der Waals surface area (Å²) in [6.45, 7) is 2.58. The molecule has 0 radical (unpaired) electrons. The molecule has 0 bridgehead atoms. The van der Waals surface area contributed by atoms with Crippen molar-refractivity contribution in [1.29, 1.82) is 0 Å². The lowest BCUT2D eigenvalue weighted by molar-refractivity contribution is 0.309. The lowest BCUT2D eigenvalue weighted by Crippen LogP contribution is -2.04. The van der Waals surface area contributed by atoms with Crippen LogP contribution in [0, 0.1) is 0 Å². The van der Waals surface area contributed by atoms with E-state index in [0.717, 1.165) is 15.8 Å². The van der Waals surface area contributed by atoms with Crippen LogP contribution in [-0.4, -0.2) is 0 Å². The van der Waals surface area contributed by atoms with Crippen molar-refractivity contribution in [3.63, 3.8) is 0 Å². The van der Waals surface area contributed by atoms with Crippen LogP contribution in [0.2, 0.25) is 0 Å². The van der Waals surface area contributed by atoms with Gasteiger partial charge in [0.25, 0.3) is 0 Å². The normalized spacial score (nSPS) is 12.4. The Bertz CT molecular complexity index is 478. The summed E-state index contributed by atoms with van der Waals surface area (Å²) in [4.78, 5) is 1.20. The highest BCUT2D eigenvalue weighted by Gasteiger charge is 2.01. The Kier molecular flexibility index (Phi) is 4.20. The predicted molar refractivity (Wildman–Crippen MR) is 75.4 cm³/mol. The van der Waals surface area contributed by atoms with Gasteiger partial charge in [-0.05, 0) is 46.6 Å². The van der Waals surface area contributed by atoms with Crippen molar-refractivity contribution >= 4 is 27.3 Å². The van der Waals surface area contributed by atoms with Gasteiger partial charge in [0.15, 0.2) is 0 Å². The average molecular weight is 312 g/mol. The summed E-state index contributed by atoms with van der Waals surface area (Å²) in [6, 6.07) is 10.1. The van der Waals surface area contributed by atoms with Crippen LogP contribution in [0.3, 0.4) is 0 Å². The summed E-state index contributed by atoms with van der Waals surface area (Å²) in [7, 11) is 0. The molecule has 0 aliphatic heterocycles. The Morgan fingerprint density at radius 3 is 2.59 bits per heavy atom. The highest BCUT2D eigenvalue weighted by atomic mass is 79.9. The summed E-state index contributed by atoms with van der Waals surface area (Å²) >= 11 is 5.11. The van der Waals surface area contributed by atoms with Crippen LogP contribution >= 0.6 is 27.3 Å². The molecule has 1 atom stereocenters. The summed E-state index contributed by atoms with van der Waals surface area (Å²) in [6.07, 6.45) is 0. The summed E-state index contributed by atoms with van der Waals surface area (Å²) in [5.41, 5.74) is 6.91. The topological polar surface area (TPSA) is 35.2 Å². The molecule has 0 saturated heterocycles. The molecule has 90 valence electrons. The maximum Gasteiger partial charge on any atom is 0.122 e. The zero-order chi connectivity index (χ0) is 12.3. The number of halogens is 1. The third-order valence-electron chi connectivity index (χ3n) is 2.41. The van der Waals surface area contributed by atoms with Crippen LogP contribution in [0.25, 0.3) is 0 Å². The van der Waals surface area contributed by atoms with Gasteiger partial charge in [0, 0.05) is 20.8 Å². The molecule has 1 heterocycles.